The fourth-order valence-electron chi connectivity index (χ4n) is 1.31. The third-order valence-electron chi connectivity index (χ3n) is 2.12. The maximum atomic E-state index is 11.5. The Morgan fingerprint density at radius 3 is 2.84 bits per heavy atom. The predicted octanol–water partition coefficient (Wildman–Crippen LogP) is 3.56. The predicted molar refractivity (Wildman–Crippen MR) is 71.8 cm³/mol. The summed E-state index contributed by atoms with van der Waals surface area (Å²) >= 11 is 5.96. The van der Waals surface area contributed by atoms with E-state index in [2.05, 4.69) is 10.0 Å². The van der Waals surface area contributed by atoms with Crippen molar-refractivity contribution in [3.8, 4) is 5.75 Å². The monoisotopic (exact) mass is 281 g/mol. The van der Waals surface area contributed by atoms with Crippen molar-refractivity contribution < 1.29 is 14.3 Å². The molecule has 0 aliphatic heterocycles. The van der Waals surface area contributed by atoms with Gasteiger partial charge in [-0.2, -0.15) is 0 Å². The normalized spacial score (nSPS) is 10.6. The average molecular weight is 282 g/mol. The first-order chi connectivity index (χ1) is 9.12. The molecule has 1 aromatic rings. The minimum Gasteiger partial charge on any atom is -0.495 e. The molecule has 1 aromatic carbocycles. The second-order valence-corrected chi connectivity index (χ2v) is 3.74. The topological polar surface area (TPSA) is 84.3 Å². The molecule has 0 atom stereocenters. The van der Waals surface area contributed by atoms with Gasteiger partial charge in [0.05, 0.1) is 18.7 Å². The van der Waals surface area contributed by atoms with Crippen LogP contribution in [0.2, 0.25) is 5.02 Å². The maximum Gasteiger partial charge on any atom is 0.340 e. The third-order valence-corrected chi connectivity index (χ3v) is 2.41. The molecule has 0 fully saturated rings. The number of azide groups is 1. The molecule has 0 spiro atoms. The quantitative estimate of drug-likeness (QED) is 0.272. The van der Waals surface area contributed by atoms with Crippen LogP contribution in [0.25, 0.3) is 16.5 Å². The van der Waals surface area contributed by atoms with Gasteiger partial charge in [-0.15, -0.1) is 0 Å². The molecule has 0 N–H and O–H groups in total. The van der Waals surface area contributed by atoms with Crippen molar-refractivity contribution in [3.63, 3.8) is 0 Å². The van der Waals surface area contributed by atoms with Crippen LogP contribution in [0.15, 0.2) is 29.0 Å². The zero-order valence-corrected chi connectivity index (χ0v) is 11.2. The minimum absolute atomic E-state index is 0.134. The number of rotatable bonds is 5. The first-order valence-corrected chi connectivity index (χ1v) is 5.77. The van der Waals surface area contributed by atoms with E-state index in [1.807, 2.05) is 0 Å². The Hall–Kier alpha value is -2.17. The van der Waals surface area contributed by atoms with E-state index in [0.717, 1.165) is 0 Å². The molecule has 0 radical (unpaired) electrons. The van der Waals surface area contributed by atoms with Gasteiger partial charge in [-0.1, -0.05) is 22.8 Å². The summed E-state index contributed by atoms with van der Waals surface area (Å²) < 4.78 is 9.79. The highest BCUT2D eigenvalue weighted by molar-refractivity contribution is 6.32. The van der Waals surface area contributed by atoms with E-state index in [1.165, 1.54) is 13.2 Å². The minimum atomic E-state index is -0.688. The molecule has 0 aliphatic rings. The lowest BCUT2D eigenvalue weighted by Crippen LogP contribution is -2.05. The summed E-state index contributed by atoms with van der Waals surface area (Å²) in [5, 5.41) is 3.69. The molecule has 0 saturated heterocycles. The summed E-state index contributed by atoms with van der Waals surface area (Å²) in [6, 6.07) is 4.91. The standard InChI is InChI=1S/C12H12ClN3O3/c1-3-19-12(17)10(15-16-14)7-8-4-5-11(18-2)9(13)6-8/h4-7H,3H2,1-2H3/b10-7+. The Morgan fingerprint density at radius 2 is 2.32 bits per heavy atom. The summed E-state index contributed by atoms with van der Waals surface area (Å²) in [6.45, 7) is 1.86. The van der Waals surface area contributed by atoms with Gasteiger partial charge in [0.15, 0.2) is 0 Å². The molecule has 0 amide bonds. The molecule has 6 nitrogen and oxygen atoms in total. The summed E-state index contributed by atoms with van der Waals surface area (Å²) in [4.78, 5) is 14.1. The Kier molecular flexibility index (Phi) is 5.73. The lowest BCUT2D eigenvalue weighted by molar-refractivity contribution is -0.138. The van der Waals surface area contributed by atoms with Crippen molar-refractivity contribution in [1.29, 1.82) is 0 Å². The first kappa shape index (κ1) is 14.9. The molecule has 19 heavy (non-hydrogen) atoms. The smallest absolute Gasteiger partial charge is 0.340 e. The highest BCUT2D eigenvalue weighted by Crippen LogP contribution is 2.26. The van der Waals surface area contributed by atoms with E-state index in [4.69, 9.17) is 26.6 Å². The van der Waals surface area contributed by atoms with Gasteiger partial charge < -0.3 is 9.47 Å². The molecular formula is C12H12ClN3O3. The number of ether oxygens (including phenoxy) is 2. The van der Waals surface area contributed by atoms with E-state index in [-0.39, 0.29) is 12.3 Å². The van der Waals surface area contributed by atoms with E-state index < -0.39 is 5.97 Å². The van der Waals surface area contributed by atoms with Gasteiger partial charge >= 0.3 is 5.97 Å². The lowest BCUT2D eigenvalue weighted by Gasteiger charge is -2.04. The second kappa shape index (κ2) is 7.31. The molecule has 7 heteroatoms. The van der Waals surface area contributed by atoms with Gasteiger partial charge in [0.1, 0.15) is 11.4 Å². The van der Waals surface area contributed by atoms with Crippen molar-refractivity contribution in [1.82, 2.24) is 0 Å². The van der Waals surface area contributed by atoms with Crippen molar-refractivity contribution >= 4 is 23.6 Å². The second-order valence-electron chi connectivity index (χ2n) is 3.33. The number of methoxy groups -OCH3 is 1. The third kappa shape index (κ3) is 4.21. The van der Waals surface area contributed by atoms with Crippen LogP contribution in [0.3, 0.4) is 0 Å². The van der Waals surface area contributed by atoms with E-state index in [1.54, 1.807) is 25.1 Å². The number of esters is 1. The van der Waals surface area contributed by atoms with Gasteiger partial charge in [-0.3, -0.25) is 0 Å². The van der Waals surface area contributed by atoms with Crippen molar-refractivity contribution in [2.45, 2.75) is 6.92 Å². The maximum absolute atomic E-state index is 11.5. The van der Waals surface area contributed by atoms with Crippen LogP contribution in [-0.4, -0.2) is 19.7 Å². The molecular weight excluding hydrogens is 270 g/mol. The SMILES string of the molecule is CCOC(=O)/C(=C\c1ccc(OC)c(Cl)c1)N=[N+]=[N-]. The Balaban J connectivity index is 3.11. The first-order valence-electron chi connectivity index (χ1n) is 5.39. The van der Waals surface area contributed by atoms with Crippen molar-refractivity contribution in [2.75, 3.05) is 13.7 Å². The number of halogens is 1. The van der Waals surface area contributed by atoms with Crippen LogP contribution in [0.1, 0.15) is 12.5 Å². The van der Waals surface area contributed by atoms with Crippen LogP contribution >= 0.6 is 11.6 Å². The Labute approximate surface area is 115 Å². The Bertz CT molecular complexity index is 551. The molecule has 0 saturated carbocycles. The van der Waals surface area contributed by atoms with Gasteiger partial charge in [-0.25, -0.2) is 4.79 Å². The number of hydrogen-bond donors (Lipinski definition) is 0. The van der Waals surface area contributed by atoms with Crippen LogP contribution in [0.5, 0.6) is 5.75 Å². The van der Waals surface area contributed by atoms with Crippen molar-refractivity contribution in [3.05, 3.63) is 44.9 Å². The fraction of sp³-hybridized carbons (Fsp3) is 0.250. The fourth-order valence-corrected chi connectivity index (χ4v) is 1.58. The summed E-state index contributed by atoms with van der Waals surface area (Å²) in [7, 11) is 1.50. The van der Waals surface area contributed by atoms with Gasteiger partial charge in [0, 0.05) is 4.91 Å². The van der Waals surface area contributed by atoms with Crippen molar-refractivity contribution in [2.24, 2.45) is 5.11 Å². The zero-order valence-electron chi connectivity index (χ0n) is 10.5. The molecule has 0 aliphatic carbocycles. The highest BCUT2D eigenvalue weighted by atomic mass is 35.5. The average Bonchev–Trinajstić information content (AvgIpc) is 2.39. The van der Waals surface area contributed by atoms with E-state index in [9.17, 15) is 4.79 Å². The Morgan fingerprint density at radius 1 is 1.58 bits per heavy atom. The summed E-state index contributed by atoms with van der Waals surface area (Å²) in [5.74, 6) is -0.174. The molecule has 0 unspecified atom stereocenters. The molecule has 1 rings (SSSR count). The molecule has 100 valence electrons. The molecule has 0 aromatic heterocycles. The van der Waals surface area contributed by atoms with Crippen LogP contribution in [-0.2, 0) is 9.53 Å². The number of benzene rings is 1. The number of hydrogen-bond acceptors (Lipinski definition) is 4. The zero-order chi connectivity index (χ0) is 14.3. The van der Waals surface area contributed by atoms with Crippen LogP contribution < -0.4 is 4.74 Å². The van der Waals surface area contributed by atoms with E-state index >= 15 is 0 Å². The number of nitrogens with zero attached hydrogens (tertiary/aromatic N) is 3. The van der Waals surface area contributed by atoms with E-state index in [0.29, 0.717) is 16.3 Å². The van der Waals surface area contributed by atoms with Crippen LogP contribution in [0, 0.1) is 0 Å². The largest absolute Gasteiger partial charge is 0.495 e. The summed E-state index contributed by atoms with van der Waals surface area (Å²) in [5.41, 5.74) is 8.90. The lowest BCUT2D eigenvalue weighted by atomic mass is 10.2. The molecule has 0 bridgehead atoms. The van der Waals surface area contributed by atoms with Gasteiger partial charge in [0.2, 0.25) is 0 Å². The summed E-state index contributed by atoms with van der Waals surface area (Å²) in [6.07, 6.45) is 1.39. The highest BCUT2D eigenvalue weighted by Gasteiger charge is 2.09. The van der Waals surface area contributed by atoms with Crippen LogP contribution in [0.4, 0.5) is 0 Å². The van der Waals surface area contributed by atoms with Gasteiger partial charge in [-0.05, 0) is 36.2 Å². The number of carbonyl (C=O) groups excluding carboxylic acids is 1. The molecule has 0 heterocycles. The van der Waals surface area contributed by atoms with Gasteiger partial charge in [0.25, 0.3) is 0 Å². The number of carbonyl (C=O) groups is 1.